The van der Waals surface area contributed by atoms with Gasteiger partial charge in [-0.15, -0.1) is 0 Å². The zero-order chi connectivity index (χ0) is 19.6. The molecule has 27 heavy (non-hydrogen) atoms. The first kappa shape index (κ1) is 18.4. The topological polar surface area (TPSA) is 127 Å². The second-order valence-corrected chi connectivity index (χ2v) is 7.28. The molecule has 0 aliphatic heterocycles. The molecule has 0 radical (unpaired) electrons. The third-order valence-electron chi connectivity index (χ3n) is 3.83. The molecule has 1 heterocycles. The Hall–Kier alpha value is -3.36. The average molecular weight is 382 g/mol. The number of primary sulfonamides is 1. The smallest absolute Gasteiger partial charge is 0.335 e. The zero-order valence-corrected chi connectivity index (χ0v) is 14.7. The summed E-state index contributed by atoms with van der Waals surface area (Å²) >= 11 is 0. The molecular weight excluding hydrogens is 368 g/mol. The SMILES string of the molecule is NS(=O)(=O)c1ccc2nc(C=CC(=O)c3ccc(C(=O)O)cc3)ccc2c1. The number of fused-ring (bicyclic) bond motifs is 1. The zero-order valence-electron chi connectivity index (χ0n) is 13.9. The summed E-state index contributed by atoms with van der Waals surface area (Å²) in [6, 6.07) is 13.3. The van der Waals surface area contributed by atoms with E-state index in [2.05, 4.69) is 4.98 Å². The number of aromatic nitrogens is 1. The number of nitrogens with two attached hydrogens (primary N) is 1. The third kappa shape index (κ3) is 4.25. The number of allylic oxidation sites excluding steroid dienone is 1. The molecular formula is C19H14N2O5S. The Morgan fingerprint density at radius 1 is 0.963 bits per heavy atom. The quantitative estimate of drug-likeness (QED) is 0.515. The van der Waals surface area contributed by atoms with Crippen molar-refractivity contribution >= 4 is 38.8 Å². The van der Waals surface area contributed by atoms with Gasteiger partial charge in [0.2, 0.25) is 10.0 Å². The van der Waals surface area contributed by atoms with Crippen LogP contribution < -0.4 is 5.14 Å². The molecule has 0 atom stereocenters. The van der Waals surface area contributed by atoms with Crippen molar-refractivity contribution in [1.29, 1.82) is 0 Å². The molecule has 136 valence electrons. The maximum absolute atomic E-state index is 12.2. The molecule has 7 nitrogen and oxygen atoms in total. The van der Waals surface area contributed by atoms with Crippen LogP contribution in [0.2, 0.25) is 0 Å². The van der Waals surface area contributed by atoms with E-state index in [9.17, 15) is 18.0 Å². The van der Waals surface area contributed by atoms with E-state index in [0.717, 1.165) is 0 Å². The van der Waals surface area contributed by atoms with Gasteiger partial charge >= 0.3 is 5.97 Å². The summed E-state index contributed by atoms with van der Waals surface area (Å²) < 4.78 is 22.8. The Bertz CT molecular complexity index is 1180. The van der Waals surface area contributed by atoms with Gasteiger partial charge in [-0.05, 0) is 48.6 Å². The fourth-order valence-electron chi connectivity index (χ4n) is 2.42. The molecule has 0 unspecified atom stereocenters. The molecule has 0 spiro atoms. The Balaban J connectivity index is 1.83. The van der Waals surface area contributed by atoms with Gasteiger partial charge in [0.05, 0.1) is 21.7 Å². The standard InChI is InChI=1S/C19H14N2O5S/c20-27(25,26)16-8-9-17-14(11-16)5-6-15(21-17)7-10-18(22)12-1-3-13(4-2-12)19(23)24/h1-11H,(H,23,24)(H2,20,25,26). The molecule has 0 saturated carbocycles. The van der Waals surface area contributed by atoms with E-state index in [4.69, 9.17) is 10.2 Å². The predicted octanol–water partition coefficient (Wildman–Crippen LogP) is 2.48. The lowest BCUT2D eigenvalue weighted by molar-refractivity contribution is 0.0696. The monoisotopic (exact) mass is 382 g/mol. The number of carboxylic acid groups (broad SMARTS) is 1. The third-order valence-corrected chi connectivity index (χ3v) is 4.74. The van der Waals surface area contributed by atoms with Gasteiger partial charge in [0.1, 0.15) is 0 Å². The Kier molecular flexibility index (Phi) is 4.85. The molecule has 0 saturated heterocycles. The van der Waals surface area contributed by atoms with Crippen molar-refractivity contribution in [2.45, 2.75) is 4.90 Å². The van der Waals surface area contributed by atoms with Crippen LogP contribution in [0.15, 0.2) is 65.6 Å². The molecule has 3 aromatic rings. The minimum Gasteiger partial charge on any atom is -0.478 e. The van der Waals surface area contributed by atoms with Gasteiger partial charge < -0.3 is 5.11 Å². The van der Waals surface area contributed by atoms with Crippen LogP contribution >= 0.6 is 0 Å². The molecule has 0 aliphatic carbocycles. The van der Waals surface area contributed by atoms with Crippen LogP contribution in [0.25, 0.3) is 17.0 Å². The number of carboxylic acids is 1. The first-order chi connectivity index (χ1) is 12.7. The van der Waals surface area contributed by atoms with Gasteiger partial charge in [-0.25, -0.2) is 23.3 Å². The highest BCUT2D eigenvalue weighted by Crippen LogP contribution is 2.18. The molecule has 0 bridgehead atoms. The molecule has 0 aliphatic rings. The van der Waals surface area contributed by atoms with Crippen LogP contribution in [0.3, 0.4) is 0 Å². The van der Waals surface area contributed by atoms with E-state index in [-0.39, 0.29) is 16.2 Å². The summed E-state index contributed by atoms with van der Waals surface area (Å²) in [6.45, 7) is 0. The van der Waals surface area contributed by atoms with E-state index in [0.29, 0.717) is 22.2 Å². The molecule has 1 aromatic heterocycles. The number of nitrogens with zero attached hydrogens (tertiary/aromatic N) is 1. The molecule has 0 fully saturated rings. The lowest BCUT2D eigenvalue weighted by Gasteiger charge is -2.02. The largest absolute Gasteiger partial charge is 0.478 e. The minimum atomic E-state index is -3.79. The van der Waals surface area contributed by atoms with Crippen molar-refractivity contribution in [1.82, 2.24) is 4.98 Å². The summed E-state index contributed by atoms with van der Waals surface area (Å²) in [7, 11) is -3.79. The van der Waals surface area contributed by atoms with Crippen LogP contribution in [0.5, 0.6) is 0 Å². The van der Waals surface area contributed by atoms with E-state index in [1.165, 1.54) is 48.6 Å². The fraction of sp³-hybridized carbons (Fsp3) is 0. The van der Waals surface area contributed by atoms with Crippen molar-refractivity contribution in [3.8, 4) is 0 Å². The van der Waals surface area contributed by atoms with Crippen LogP contribution in [0.4, 0.5) is 0 Å². The number of hydrogen-bond donors (Lipinski definition) is 2. The molecule has 3 rings (SSSR count). The normalized spacial score (nSPS) is 11.7. The Morgan fingerprint density at radius 3 is 2.26 bits per heavy atom. The van der Waals surface area contributed by atoms with Gasteiger partial charge in [0.15, 0.2) is 5.78 Å². The second kappa shape index (κ2) is 7.10. The maximum Gasteiger partial charge on any atom is 0.335 e. The van der Waals surface area contributed by atoms with Crippen LogP contribution in [0, 0.1) is 0 Å². The molecule has 2 aromatic carbocycles. The van der Waals surface area contributed by atoms with Gasteiger partial charge in [-0.2, -0.15) is 0 Å². The first-order valence-electron chi connectivity index (χ1n) is 7.73. The van der Waals surface area contributed by atoms with Gasteiger partial charge in [0, 0.05) is 10.9 Å². The number of hydrogen-bond acceptors (Lipinski definition) is 5. The van der Waals surface area contributed by atoms with Crippen LogP contribution in [0.1, 0.15) is 26.4 Å². The number of benzene rings is 2. The highest BCUT2D eigenvalue weighted by Gasteiger charge is 2.09. The predicted molar refractivity (Wildman–Crippen MR) is 99.9 cm³/mol. The van der Waals surface area contributed by atoms with Crippen LogP contribution in [-0.4, -0.2) is 30.3 Å². The van der Waals surface area contributed by atoms with E-state index < -0.39 is 16.0 Å². The fourth-order valence-corrected chi connectivity index (χ4v) is 2.97. The number of aromatic carboxylic acids is 1. The first-order valence-corrected chi connectivity index (χ1v) is 9.28. The summed E-state index contributed by atoms with van der Waals surface area (Å²) in [6.07, 6.45) is 2.86. The summed E-state index contributed by atoms with van der Waals surface area (Å²) in [5.41, 5.74) is 1.53. The van der Waals surface area contributed by atoms with Crippen molar-refractivity contribution in [2.75, 3.05) is 0 Å². The number of pyridine rings is 1. The number of carbonyl (C=O) groups excluding carboxylic acids is 1. The van der Waals surface area contributed by atoms with Crippen molar-refractivity contribution in [3.05, 3.63) is 77.5 Å². The molecule has 8 heteroatoms. The number of ketones is 1. The Labute approximate surface area is 154 Å². The summed E-state index contributed by atoms with van der Waals surface area (Å²) in [4.78, 5) is 27.4. The number of rotatable bonds is 5. The maximum atomic E-state index is 12.2. The number of sulfonamides is 1. The second-order valence-electron chi connectivity index (χ2n) is 5.72. The lowest BCUT2D eigenvalue weighted by atomic mass is 10.1. The van der Waals surface area contributed by atoms with Crippen molar-refractivity contribution in [3.63, 3.8) is 0 Å². The Morgan fingerprint density at radius 2 is 1.63 bits per heavy atom. The minimum absolute atomic E-state index is 0.0000719. The van der Waals surface area contributed by atoms with Gasteiger partial charge in [-0.1, -0.05) is 18.2 Å². The van der Waals surface area contributed by atoms with Crippen molar-refractivity contribution < 1.29 is 23.1 Å². The molecule has 0 amide bonds. The molecule has 3 N–H and O–H groups in total. The van der Waals surface area contributed by atoms with Gasteiger partial charge in [-0.3, -0.25) is 4.79 Å². The van der Waals surface area contributed by atoms with Crippen molar-refractivity contribution in [2.24, 2.45) is 5.14 Å². The average Bonchev–Trinajstić information content (AvgIpc) is 2.64. The summed E-state index contributed by atoms with van der Waals surface area (Å²) in [5, 5.41) is 14.6. The van der Waals surface area contributed by atoms with E-state index in [1.54, 1.807) is 18.2 Å². The lowest BCUT2D eigenvalue weighted by Crippen LogP contribution is -2.11. The number of carbonyl (C=O) groups is 2. The van der Waals surface area contributed by atoms with E-state index >= 15 is 0 Å². The van der Waals surface area contributed by atoms with E-state index in [1.807, 2.05) is 0 Å². The highest BCUT2D eigenvalue weighted by atomic mass is 32.2. The van der Waals surface area contributed by atoms with Crippen LogP contribution in [-0.2, 0) is 10.0 Å². The van der Waals surface area contributed by atoms with Gasteiger partial charge in [0.25, 0.3) is 0 Å². The summed E-state index contributed by atoms with van der Waals surface area (Å²) in [5.74, 6) is -1.35. The highest BCUT2D eigenvalue weighted by molar-refractivity contribution is 7.89.